The Bertz CT molecular complexity index is 434. The van der Waals surface area contributed by atoms with Crippen LogP contribution < -0.4 is 5.73 Å². The van der Waals surface area contributed by atoms with Gasteiger partial charge in [0.25, 0.3) is 0 Å². The summed E-state index contributed by atoms with van der Waals surface area (Å²) in [6, 6.07) is 3.71. The molecular formula is C11H13ClN2O2. The third-order valence-corrected chi connectivity index (χ3v) is 3.37. The van der Waals surface area contributed by atoms with E-state index in [1.165, 1.54) is 4.90 Å². The zero-order valence-corrected chi connectivity index (χ0v) is 9.50. The zero-order chi connectivity index (χ0) is 11.7. The van der Waals surface area contributed by atoms with Crippen LogP contribution in [0.3, 0.4) is 0 Å². The summed E-state index contributed by atoms with van der Waals surface area (Å²) < 4.78 is 0. The van der Waals surface area contributed by atoms with E-state index in [4.69, 9.17) is 22.4 Å². The van der Waals surface area contributed by atoms with Gasteiger partial charge >= 0.3 is 6.09 Å². The van der Waals surface area contributed by atoms with Gasteiger partial charge in [0.05, 0.1) is 10.7 Å². The van der Waals surface area contributed by atoms with Crippen LogP contribution in [0.15, 0.2) is 12.1 Å². The fourth-order valence-electron chi connectivity index (χ4n) is 1.99. The van der Waals surface area contributed by atoms with Crippen LogP contribution in [0.4, 0.5) is 10.5 Å². The van der Waals surface area contributed by atoms with Gasteiger partial charge in [0.15, 0.2) is 0 Å². The normalized spacial score (nSPS) is 15.4. The van der Waals surface area contributed by atoms with Crippen molar-refractivity contribution in [3.63, 3.8) is 0 Å². The largest absolute Gasteiger partial charge is 0.465 e. The van der Waals surface area contributed by atoms with Gasteiger partial charge in [-0.3, -0.25) is 0 Å². The van der Waals surface area contributed by atoms with Crippen molar-refractivity contribution < 1.29 is 9.90 Å². The minimum Gasteiger partial charge on any atom is -0.465 e. The molecule has 2 rings (SSSR count). The summed E-state index contributed by atoms with van der Waals surface area (Å²) >= 11 is 6.12. The molecule has 1 heterocycles. The Balaban J connectivity index is 2.31. The average Bonchev–Trinajstić information content (AvgIpc) is 2.46. The first kappa shape index (κ1) is 11.1. The zero-order valence-electron chi connectivity index (χ0n) is 8.74. The van der Waals surface area contributed by atoms with Crippen LogP contribution in [-0.2, 0) is 12.8 Å². The molecule has 1 aliphatic rings. The van der Waals surface area contributed by atoms with E-state index in [1.54, 1.807) is 6.07 Å². The van der Waals surface area contributed by atoms with E-state index in [-0.39, 0.29) is 0 Å². The monoisotopic (exact) mass is 240 g/mol. The number of nitrogens with zero attached hydrogens (tertiary/aromatic N) is 1. The van der Waals surface area contributed by atoms with Crippen molar-refractivity contribution in [1.82, 2.24) is 4.90 Å². The van der Waals surface area contributed by atoms with Crippen LogP contribution in [0.5, 0.6) is 0 Å². The molecule has 0 atom stereocenters. The highest BCUT2D eigenvalue weighted by Crippen LogP contribution is 2.29. The summed E-state index contributed by atoms with van der Waals surface area (Å²) in [5, 5.41) is 9.51. The number of fused-ring (bicyclic) bond motifs is 1. The molecule has 0 saturated heterocycles. The van der Waals surface area contributed by atoms with E-state index in [0.29, 0.717) is 36.6 Å². The minimum absolute atomic E-state index is 0.478. The van der Waals surface area contributed by atoms with Crippen LogP contribution in [0.1, 0.15) is 11.1 Å². The first-order chi connectivity index (χ1) is 7.59. The molecule has 1 aliphatic heterocycles. The van der Waals surface area contributed by atoms with Gasteiger partial charge in [0.2, 0.25) is 0 Å². The van der Waals surface area contributed by atoms with Gasteiger partial charge in [-0.25, -0.2) is 4.79 Å². The molecule has 16 heavy (non-hydrogen) atoms. The maximum Gasteiger partial charge on any atom is 0.407 e. The summed E-state index contributed by atoms with van der Waals surface area (Å²) in [5.41, 5.74) is 8.38. The third kappa shape index (κ3) is 1.93. The van der Waals surface area contributed by atoms with Crippen LogP contribution >= 0.6 is 11.6 Å². The van der Waals surface area contributed by atoms with Crippen molar-refractivity contribution in [3.8, 4) is 0 Å². The van der Waals surface area contributed by atoms with Crippen molar-refractivity contribution in [1.29, 1.82) is 0 Å². The first-order valence-corrected chi connectivity index (χ1v) is 5.51. The predicted molar refractivity (Wildman–Crippen MR) is 62.9 cm³/mol. The van der Waals surface area contributed by atoms with Crippen molar-refractivity contribution in [2.24, 2.45) is 0 Å². The molecule has 3 N–H and O–H groups in total. The lowest BCUT2D eigenvalue weighted by Crippen LogP contribution is -2.31. The second-order valence-corrected chi connectivity index (χ2v) is 4.25. The van der Waals surface area contributed by atoms with Crippen molar-refractivity contribution in [2.45, 2.75) is 12.8 Å². The highest BCUT2D eigenvalue weighted by molar-refractivity contribution is 6.34. The van der Waals surface area contributed by atoms with Gasteiger partial charge in [-0.2, -0.15) is 0 Å². The summed E-state index contributed by atoms with van der Waals surface area (Å²) in [4.78, 5) is 12.3. The Labute approximate surface area is 98.6 Å². The van der Waals surface area contributed by atoms with Gasteiger partial charge in [0, 0.05) is 13.1 Å². The number of hydrogen-bond acceptors (Lipinski definition) is 2. The quantitative estimate of drug-likeness (QED) is 0.682. The molecule has 0 bridgehead atoms. The molecule has 0 saturated carbocycles. The lowest BCUT2D eigenvalue weighted by Gasteiger charge is -2.15. The molecule has 1 aromatic rings. The molecule has 0 aromatic heterocycles. The Morgan fingerprint density at radius 3 is 2.75 bits per heavy atom. The number of carbonyl (C=O) groups is 1. The number of hydrogen-bond donors (Lipinski definition) is 2. The molecule has 5 heteroatoms. The maximum absolute atomic E-state index is 10.9. The number of amides is 1. The van der Waals surface area contributed by atoms with Crippen molar-refractivity contribution in [3.05, 3.63) is 28.3 Å². The molecule has 1 aromatic carbocycles. The Morgan fingerprint density at radius 1 is 1.38 bits per heavy atom. The summed E-state index contributed by atoms with van der Waals surface area (Å²) in [5.74, 6) is 0. The molecule has 1 amide bonds. The number of nitrogen functional groups attached to an aromatic ring is 1. The number of nitrogens with two attached hydrogens (primary N) is 1. The summed E-state index contributed by atoms with van der Waals surface area (Å²) in [6.45, 7) is 0.994. The Hall–Kier alpha value is -1.42. The number of carboxylic acid groups (broad SMARTS) is 1. The van der Waals surface area contributed by atoms with Gasteiger partial charge in [-0.05, 0) is 30.0 Å². The standard InChI is InChI=1S/C11H13ClN2O2/c12-10-8-4-6-14(11(15)16)5-3-7(8)1-2-9(10)13/h1-2H,3-6,13H2,(H,15,16). The van der Waals surface area contributed by atoms with Crippen molar-refractivity contribution in [2.75, 3.05) is 18.8 Å². The molecule has 0 fully saturated rings. The van der Waals surface area contributed by atoms with Gasteiger partial charge in [-0.15, -0.1) is 0 Å². The SMILES string of the molecule is Nc1ccc2c(c1Cl)CCN(C(=O)O)CC2. The molecular weight excluding hydrogens is 228 g/mol. The number of halogens is 1. The Morgan fingerprint density at radius 2 is 2.06 bits per heavy atom. The minimum atomic E-state index is -0.878. The molecule has 86 valence electrons. The van der Waals surface area contributed by atoms with Crippen LogP contribution in [0.2, 0.25) is 5.02 Å². The smallest absolute Gasteiger partial charge is 0.407 e. The maximum atomic E-state index is 10.9. The van der Waals surface area contributed by atoms with E-state index in [1.807, 2.05) is 6.07 Å². The fourth-order valence-corrected chi connectivity index (χ4v) is 2.27. The molecule has 0 aliphatic carbocycles. The highest BCUT2D eigenvalue weighted by Gasteiger charge is 2.19. The molecule has 0 unspecified atom stereocenters. The predicted octanol–water partition coefficient (Wildman–Crippen LogP) is 2.00. The van der Waals surface area contributed by atoms with Crippen molar-refractivity contribution >= 4 is 23.4 Å². The third-order valence-electron chi connectivity index (χ3n) is 2.92. The van der Waals surface area contributed by atoms with Gasteiger partial charge in [-0.1, -0.05) is 17.7 Å². The highest BCUT2D eigenvalue weighted by atomic mass is 35.5. The van der Waals surface area contributed by atoms with Crippen LogP contribution in [0, 0.1) is 0 Å². The second kappa shape index (κ2) is 4.22. The van der Waals surface area contributed by atoms with E-state index in [0.717, 1.165) is 11.1 Å². The van der Waals surface area contributed by atoms with Gasteiger partial charge < -0.3 is 15.7 Å². The summed E-state index contributed by atoms with van der Waals surface area (Å²) in [6.07, 6.45) is 0.449. The topological polar surface area (TPSA) is 66.6 Å². The number of anilines is 1. The van der Waals surface area contributed by atoms with E-state index < -0.39 is 6.09 Å². The van der Waals surface area contributed by atoms with E-state index in [2.05, 4.69) is 0 Å². The van der Waals surface area contributed by atoms with Crippen LogP contribution in [0.25, 0.3) is 0 Å². The second-order valence-electron chi connectivity index (χ2n) is 3.88. The lowest BCUT2D eigenvalue weighted by atomic mass is 10.0. The van der Waals surface area contributed by atoms with Crippen LogP contribution in [-0.4, -0.2) is 29.2 Å². The fraction of sp³-hybridized carbons (Fsp3) is 0.364. The molecule has 0 radical (unpaired) electrons. The van der Waals surface area contributed by atoms with E-state index in [9.17, 15) is 4.79 Å². The van der Waals surface area contributed by atoms with Gasteiger partial charge in [0.1, 0.15) is 0 Å². The number of rotatable bonds is 0. The molecule has 4 nitrogen and oxygen atoms in total. The summed E-state index contributed by atoms with van der Waals surface area (Å²) in [7, 11) is 0. The Kier molecular flexibility index (Phi) is 2.92. The lowest BCUT2D eigenvalue weighted by molar-refractivity contribution is 0.147. The first-order valence-electron chi connectivity index (χ1n) is 5.13. The van der Waals surface area contributed by atoms with E-state index >= 15 is 0 Å². The number of benzene rings is 1. The average molecular weight is 241 g/mol. The molecule has 0 spiro atoms.